The van der Waals surface area contributed by atoms with Gasteiger partial charge in [-0.15, -0.1) is 0 Å². The van der Waals surface area contributed by atoms with Gasteiger partial charge < -0.3 is 9.15 Å². The van der Waals surface area contributed by atoms with Crippen molar-refractivity contribution in [2.24, 2.45) is 5.10 Å². The zero-order chi connectivity index (χ0) is 21.2. The molecule has 0 saturated heterocycles. The van der Waals surface area contributed by atoms with Gasteiger partial charge in [0.15, 0.2) is 6.61 Å². The third-order valence-electron chi connectivity index (χ3n) is 5.32. The molecule has 1 aliphatic rings. The van der Waals surface area contributed by atoms with Crippen molar-refractivity contribution in [1.82, 2.24) is 5.01 Å². The van der Waals surface area contributed by atoms with E-state index in [0.29, 0.717) is 23.0 Å². The standard InChI is InChI=1S/C25H19ClN2O3/c26-19-12-10-18(11-13-19)21-15-22(24-9-4-14-30-24)28(27-21)25(29)16-31-23-8-3-6-17-5-1-2-7-20(17)23/h1-14,22H,15-16H2/t22-/m0/s1. The zero-order valence-electron chi connectivity index (χ0n) is 16.6. The van der Waals surface area contributed by atoms with E-state index in [0.717, 1.165) is 22.0 Å². The topological polar surface area (TPSA) is 55.0 Å². The Hall–Kier alpha value is -3.57. The van der Waals surface area contributed by atoms with Crippen molar-refractivity contribution in [3.63, 3.8) is 0 Å². The number of furan rings is 1. The summed E-state index contributed by atoms with van der Waals surface area (Å²) < 4.78 is 11.5. The number of carbonyl (C=O) groups is 1. The number of fused-ring (bicyclic) bond motifs is 1. The highest BCUT2D eigenvalue weighted by atomic mass is 35.5. The summed E-state index contributed by atoms with van der Waals surface area (Å²) in [5.74, 6) is 1.12. The average molecular weight is 431 g/mol. The maximum absolute atomic E-state index is 13.1. The monoisotopic (exact) mass is 430 g/mol. The highest BCUT2D eigenvalue weighted by Crippen LogP contribution is 2.33. The maximum atomic E-state index is 13.1. The molecule has 5 rings (SSSR count). The predicted octanol–water partition coefficient (Wildman–Crippen LogP) is 5.84. The van der Waals surface area contributed by atoms with Crippen LogP contribution in [0.5, 0.6) is 5.75 Å². The van der Waals surface area contributed by atoms with Gasteiger partial charge in [0.05, 0.1) is 12.0 Å². The third kappa shape index (κ3) is 3.92. The molecule has 0 fully saturated rings. The molecule has 0 aliphatic carbocycles. The van der Waals surface area contributed by atoms with Crippen LogP contribution in [-0.2, 0) is 4.79 Å². The summed E-state index contributed by atoms with van der Waals surface area (Å²) in [7, 11) is 0. The van der Waals surface area contributed by atoms with Gasteiger partial charge in [0.25, 0.3) is 5.91 Å². The fourth-order valence-corrected chi connectivity index (χ4v) is 3.91. The van der Waals surface area contributed by atoms with Gasteiger partial charge >= 0.3 is 0 Å². The summed E-state index contributed by atoms with van der Waals surface area (Å²) in [6, 6.07) is 24.5. The van der Waals surface area contributed by atoms with Gasteiger partial charge in [-0.2, -0.15) is 5.10 Å². The Bertz CT molecular complexity index is 1240. The van der Waals surface area contributed by atoms with E-state index >= 15 is 0 Å². The summed E-state index contributed by atoms with van der Waals surface area (Å²) in [5, 5.41) is 8.76. The van der Waals surface area contributed by atoms with Gasteiger partial charge in [-0.25, -0.2) is 5.01 Å². The number of hydrazone groups is 1. The Balaban J connectivity index is 1.39. The molecule has 4 aromatic rings. The van der Waals surface area contributed by atoms with Gasteiger partial charge in [0.1, 0.15) is 17.6 Å². The zero-order valence-corrected chi connectivity index (χ0v) is 17.3. The Morgan fingerprint density at radius 2 is 1.84 bits per heavy atom. The van der Waals surface area contributed by atoms with Crippen molar-refractivity contribution in [3.05, 3.63) is 101 Å². The lowest BCUT2D eigenvalue weighted by Gasteiger charge is -2.20. The molecule has 0 N–H and O–H groups in total. The minimum absolute atomic E-state index is 0.122. The summed E-state index contributed by atoms with van der Waals surface area (Å²) in [6.45, 7) is -0.122. The first-order chi connectivity index (χ1) is 15.2. The van der Waals surface area contributed by atoms with E-state index in [4.69, 9.17) is 20.8 Å². The summed E-state index contributed by atoms with van der Waals surface area (Å²) in [6.07, 6.45) is 2.15. The Morgan fingerprint density at radius 3 is 2.65 bits per heavy atom. The van der Waals surface area contributed by atoms with E-state index in [1.165, 1.54) is 5.01 Å². The van der Waals surface area contributed by atoms with Crippen molar-refractivity contribution < 1.29 is 13.9 Å². The molecular formula is C25H19ClN2O3. The van der Waals surface area contributed by atoms with Crippen LogP contribution >= 0.6 is 11.6 Å². The molecule has 0 bridgehead atoms. The van der Waals surface area contributed by atoms with Gasteiger partial charge in [-0.3, -0.25) is 4.79 Å². The van der Waals surface area contributed by atoms with Crippen molar-refractivity contribution in [1.29, 1.82) is 0 Å². The third-order valence-corrected chi connectivity index (χ3v) is 5.57. The number of ether oxygens (including phenoxy) is 1. The Kier molecular flexibility index (Phi) is 5.18. The molecule has 154 valence electrons. The number of halogens is 1. The van der Waals surface area contributed by atoms with Crippen LogP contribution in [0, 0.1) is 0 Å². The maximum Gasteiger partial charge on any atom is 0.281 e. The number of carbonyl (C=O) groups excluding carboxylic acids is 1. The van der Waals surface area contributed by atoms with Gasteiger partial charge in [-0.1, -0.05) is 60.1 Å². The number of rotatable bonds is 5. The normalized spacial score (nSPS) is 15.8. The van der Waals surface area contributed by atoms with E-state index in [-0.39, 0.29) is 18.6 Å². The second kappa shape index (κ2) is 8.28. The number of hydrogen-bond acceptors (Lipinski definition) is 4. The molecule has 3 aromatic carbocycles. The molecular weight excluding hydrogens is 412 g/mol. The molecule has 31 heavy (non-hydrogen) atoms. The lowest BCUT2D eigenvalue weighted by molar-refractivity contribution is -0.135. The van der Waals surface area contributed by atoms with E-state index in [1.54, 1.807) is 6.26 Å². The van der Waals surface area contributed by atoms with Gasteiger partial charge in [0, 0.05) is 16.8 Å². The van der Waals surface area contributed by atoms with Crippen LogP contribution < -0.4 is 4.74 Å². The molecule has 1 aliphatic heterocycles. The minimum Gasteiger partial charge on any atom is -0.483 e. The molecule has 1 aromatic heterocycles. The summed E-state index contributed by atoms with van der Waals surface area (Å²) in [5.41, 5.74) is 1.72. The molecule has 6 heteroatoms. The number of amides is 1. The highest BCUT2D eigenvalue weighted by Gasteiger charge is 2.35. The fraction of sp³-hybridized carbons (Fsp3) is 0.120. The molecule has 1 amide bonds. The largest absolute Gasteiger partial charge is 0.483 e. The lowest BCUT2D eigenvalue weighted by atomic mass is 10.0. The minimum atomic E-state index is -0.315. The van der Waals surface area contributed by atoms with Crippen LogP contribution in [0.3, 0.4) is 0 Å². The van der Waals surface area contributed by atoms with Gasteiger partial charge in [0.2, 0.25) is 0 Å². The van der Waals surface area contributed by atoms with Crippen molar-refractivity contribution in [2.45, 2.75) is 12.5 Å². The van der Waals surface area contributed by atoms with E-state index < -0.39 is 0 Å². The molecule has 0 radical (unpaired) electrons. The quantitative estimate of drug-likeness (QED) is 0.399. The summed E-state index contributed by atoms with van der Waals surface area (Å²) >= 11 is 6.01. The lowest BCUT2D eigenvalue weighted by Crippen LogP contribution is -2.31. The van der Waals surface area contributed by atoms with E-state index in [2.05, 4.69) is 5.10 Å². The first-order valence-corrected chi connectivity index (χ1v) is 10.4. The molecule has 0 unspecified atom stereocenters. The molecule has 1 atom stereocenters. The second-order valence-electron chi connectivity index (χ2n) is 7.29. The Labute approximate surface area is 184 Å². The molecule has 0 saturated carbocycles. The van der Waals surface area contributed by atoms with E-state index in [9.17, 15) is 4.79 Å². The van der Waals surface area contributed by atoms with Crippen molar-refractivity contribution in [3.8, 4) is 5.75 Å². The fourth-order valence-electron chi connectivity index (χ4n) is 3.79. The molecule has 0 spiro atoms. The Morgan fingerprint density at radius 1 is 1.03 bits per heavy atom. The smallest absolute Gasteiger partial charge is 0.281 e. The number of benzene rings is 3. The van der Waals surface area contributed by atoms with Crippen LogP contribution in [0.4, 0.5) is 0 Å². The SMILES string of the molecule is O=C(COc1cccc2ccccc12)N1N=C(c2ccc(Cl)cc2)C[C@H]1c1ccco1. The number of hydrogen-bond donors (Lipinski definition) is 0. The van der Waals surface area contributed by atoms with Crippen molar-refractivity contribution >= 4 is 34.0 Å². The van der Waals surface area contributed by atoms with Crippen LogP contribution in [0.2, 0.25) is 5.02 Å². The summed E-state index contributed by atoms with van der Waals surface area (Å²) in [4.78, 5) is 13.1. The number of nitrogens with zero attached hydrogens (tertiary/aromatic N) is 2. The molecule has 2 heterocycles. The molecule has 5 nitrogen and oxygen atoms in total. The highest BCUT2D eigenvalue weighted by molar-refractivity contribution is 6.30. The first kappa shape index (κ1) is 19.4. The van der Waals surface area contributed by atoms with Crippen LogP contribution in [0.1, 0.15) is 23.8 Å². The van der Waals surface area contributed by atoms with Crippen LogP contribution in [0.15, 0.2) is 94.6 Å². The second-order valence-corrected chi connectivity index (χ2v) is 7.73. The van der Waals surface area contributed by atoms with E-state index in [1.807, 2.05) is 78.9 Å². The first-order valence-electron chi connectivity index (χ1n) is 9.98. The van der Waals surface area contributed by atoms with Crippen LogP contribution in [-0.4, -0.2) is 23.2 Å². The van der Waals surface area contributed by atoms with Crippen molar-refractivity contribution in [2.75, 3.05) is 6.61 Å². The predicted molar refractivity (Wildman–Crippen MR) is 120 cm³/mol. The van der Waals surface area contributed by atoms with Gasteiger partial charge in [-0.05, 0) is 41.3 Å². The average Bonchev–Trinajstić information content (AvgIpc) is 3.48. The van der Waals surface area contributed by atoms with Crippen LogP contribution in [0.25, 0.3) is 10.8 Å².